The van der Waals surface area contributed by atoms with Crippen LogP contribution in [0.3, 0.4) is 0 Å². The van der Waals surface area contributed by atoms with Crippen molar-refractivity contribution >= 4 is 45.8 Å². The molecule has 0 bridgehead atoms. The highest BCUT2D eigenvalue weighted by atomic mass is 32.2. The molecule has 27 heavy (non-hydrogen) atoms. The Kier molecular flexibility index (Phi) is 5.91. The van der Waals surface area contributed by atoms with Gasteiger partial charge in [0.15, 0.2) is 4.34 Å². The molecular formula is C16H20N8OS2. The summed E-state index contributed by atoms with van der Waals surface area (Å²) in [6.45, 7) is 1.99. The molecule has 1 unspecified atom stereocenters. The third kappa shape index (κ3) is 4.74. The van der Waals surface area contributed by atoms with Crippen LogP contribution in [-0.4, -0.2) is 46.4 Å². The molecule has 2 aromatic heterocycles. The highest BCUT2D eigenvalue weighted by molar-refractivity contribution is 8.01. The highest BCUT2D eigenvalue weighted by Crippen LogP contribution is 2.37. The first kappa shape index (κ1) is 19.1. The minimum absolute atomic E-state index is 0.0546. The van der Waals surface area contributed by atoms with E-state index in [-0.39, 0.29) is 11.2 Å². The number of nitrogens with one attached hydrogen (secondary N) is 1. The van der Waals surface area contributed by atoms with Crippen LogP contribution in [0.5, 0.6) is 5.75 Å². The number of ether oxygens (including phenoxy) is 1. The monoisotopic (exact) mass is 404 g/mol. The van der Waals surface area contributed by atoms with Crippen LogP contribution in [0.2, 0.25) is 0 Å². The molecule has 0 amide bonds. The van der Waals surface area contributed by atoms with Crippen molar-refractivity contribution in [3.63, 3.8) is 0 Å². The van der Waals surface area contributed by atoms with Crippen molar-refractivity contribution in [3.05, 3.63) is 30.1 Å². The van der Waals surface area contributed by atoms with Gasteiger partial charge in [-0.15, -0.1) is 10.2 Å². The van der Waals surface area contributed by atoms with Gasteiger partial charge in [-0.05, 0) is 19.1 Å². The Balaban J connectivity index is 1.72. The summed E-state index contributed by atoms with van der Waals surface area (Å²) in [6.07, 6.45) is 0. The van der Waals surface area contributed by atoms with Gasteiger partial charge >= 0.3 is 0 Å². The van der Waals surface area contributed by atoms with Crippen LogP contribution in [0.1, 0.15) is 18.0 Å². The number of nitrogens with two attached hydrogens (primary N) is 1. The van der Waals surface area contributed by atoms with Gasteiger partial charge in [0, 0.05) is 14.1 Å². The number of rotatable bonds is 7. The first-order valence-corrected chi connectivity index (χ1v) is 9.75. The molecule has 2 heterocycles. The lowest BCUT2D eigenvalue weighted by atomic mass is 10.3. The molecule has 9 nitrogen and oxygen atoms in total. The lowest BCUT2D eigenvalue weighted by Crippen LogP contribution is -2.16. The first-order chi connectivity index (χ1) is 13.0. The van der Waals surface area contributed by atoms with E-state index in [1.165, 1.54) is 23.1 Å². The van der Waals surface area contributed by atoms with E-state index in [1.807, 2.05) is 45.3 Å². The summed E-state index contributed by atoms with van der Waals surface area (Å²) in [5.41, 5.74) is 6.64. The van der Waals surface area contributed by atoms with Crippen LogP contribution in [0.25, 0.3) is 0 Å². The van der Waals surface area contributed by atoms with Crippen molar-refractivity contribution in [2.24, 2.45) is 0 Å². The zero-order valence-electron chi connectivity index (χ0n) is 15.4. The maximum absolute atomic E-state index is 5.80. The van der Waals surface area contributed by atoms with E-state index >= 15 is 0 Å². The summed E-state index contributed by atoms with van der Waals surface area (Å²) in [4.78, 5) is 14.6. The fourth-order valence-corrected chi connectivity index (χ4v) is 4.11. The van der Waals surface area contributed by atoms with Crippen molar-refractivity contribution in [3.8, 4) is 5.75 Å². The van der Waals surface area contributed by atoms with Crippen molar-refractivity contribution in [2.45, 2.75) is 16.5 Å². The number of thioether (sulfide) groups is 1. The third-order valence-corrected chi connectivity index (χ3v) is 5.47. The number of aromatic nitrogens is 5. The van der Waals surface area contributed by atoms with Crippen LogP contribution in [0, 0.1) is 0 Å². The number of hydrogen-bond acceptors (Lipinski definition) is 11. The van der Waals surface area contributed by atoms with E-state index < -0.39 is 0 Å². The van der Waals surface area contributed by atoms with Crippen molar-refractivity contribution in [1.29, 1.82) is 0 Å². The maximum atomic E-state index is 5.80. The summed E-state index contributed by atoms with van der Waals surface area (Å²) < 4.78 is 6.14. The van der Waals surface area contributed by atoms with Crippen molar-refractivity contribution < 1.29 is 4.74 Å². The average molecular weight is 405 g/mol. The molecule has 0 aliphatic carbocycles. The van der Waals surface area contributed by atoms with Gasteiger partial charge in [-0.3, -0.25) is 0 Å². The summed E-state index contributed by atoms with van der Waals surface area (Å²) in [5.74, 6) is 2.07. The lowest BCUT2D eigenvalue weighted by molar-refractivity contribution is 0.417. The van der Waals surface area contributed by atoms with Gasteiger partial charge in [0.2, 0.25) is 17.0 Å². The summed E-state index contributed by atoms with van der Waals surface area (Å²) >= 11 is 2.96. The second-order valence-electron chi connectivity index (χ2n) is 5.70. The largest absolute Gasteiger partial charge is 0.495 e. The van der Waals surface area contributed by atoms with Gasteiger partial charge in [0.1, 0.15) is 11.6 Å². The molecule has 0 saturated carbocycles. The second-order valence-corrected chi connectivity index (χ2v) is 8.27. The van der Waals surface area contributed by atoms with Crippen LogP contribution < -0.4 is 20.7 Å². The SMILES string of the molecule is COc1ccccc1Nc1nnc(SC(C)c2nc(N)nc(N(C)C)n2)s1. The smallest absolute Gasteiger partial charge is 0.229 e. The van der Waals surface area contributed by atoms with E-state index in [9.17, 15) is 0 Å². The third-order valence-electron chi connectivity index (χ3n) is 3.45. The van der Waals surface area contributed by atoms with Crippen LogP contribution in [0.15, 0.2) is 28.6 Å². The van der Waals surface area contributed by atoms with Gasteiger partial charge in [0.05, 0.1) is 18.0 Å². The maximum Gasteiger partial charge on any atom is 0.229 e. The molecule has 0 fully saturated rings. The molecule has 0 saturated heterocycles. The minimum atomic E-state index is -0.0546. The fraction of sp³-hybridized carbons (Fsp3) is 0.312. The number of methoxy groups -OCH3 is 1. The molecule has 0 aliphatic rings. The zero-order valence-corrected chi connectivity index (χ0v) is 17.0. The van der Waals surface area contributed by atoms with E-state index in [0.29, 0.717) is 16.9 Å². The van der Waals surface area contributed by atoms with Gasteiger partial charge in [-0.25, -0.2) is 0 Å². The average Bonchev–Trinajstić information content (AvgIpc) is 3.08. The number of nitrogen functional groups attached to an aromatic ring is 1. The normalized spacial score (nSPS) is 11.9. The zero-order chi connectivity index (χ0) is 19.4. The topological polar surface area (TPSA) is 115 Å². The number of nitrogens with zero attached hydrogens (tertiary/aromatic N) is 6. The molecule has 1 atom stereocenters. The summed E-state index contributed by atoms with van der Waals surface area (Å²) in [5, 5.41) is 12.3. The van der Waals surface area contributed by atoms with Crippen LogP contribution >= 0.6 is 23.1 Å². The van der Waals surface area contributed by atoms with Gasteiger partial charge in [-0.2, -0.15) is 15.0 Å². The van der Waals surface area contributed by atoms with E-state index in [1.54, 1.807) is 12.0 Å². The Hall–Kier alpha value is -2.66. The molecule has 3 aromatic rings. The molecule has 1 aromatic carbocycles. The quantitative estimate of drug-likeness (QED) is 0.569. The second kappa shape index (κ2) is 8.35. The molecular weight excluding hydrogens is 384 g/mol. The summed E-state index contributed by atoms with van der Waals surface area (Å²) in [7, 11) is 5.35. The highest BCUT2D eigenvalue weighted by Gasteiger charge is 2.17. The number of para-hydroxylation sites is 2. The first-order valence-electron chi connectivity index (χ1n) is 8.05. The fourth-order valence-electron chi connectivity index (χ4n) is 2.15. The Morgan fingerprint density at radius 3 is 2.70 bits per heavy atom. The predicted octanol–water partition coefficient (Wildman–Crippen LogP) is 2.98. The van der Waals surface area contributed by atoms with Crippen LogP contribution in [-0.2, 0) is 0 Å². The van der Waals surface area contributed by atoms with Gasteiger partial charge in [-0.1, -0.05) is 35.2 Å². The molecule has 11 heteroatoms. The molecule has 3 rings (SSSR count). The van der Waals surface area contributed by atoms with E-state index in [4.69, 9.17) is 10.5 Å². The van der Waals surface area contributed by atoms with Crippen molar-refractivity contribution in [1.82, 2.24) is 25.1 Å². The number of benzene rings is 1. The predicted molar refractivity (Wildman–Crippen MR) is 109 cm³/mol. The number of hydrogen-bond donors (Lipinski definition) is 2. The molecule has 0 spiro atoms. The Morgan fingerprint density at radius 1 is 1.19 bits per heavy atom. The van der Waals surface area contributed by atoms with Gasteiger partial charge in [0.25, 0.3) is 0 Å². The molecule has 0 radical (unpaired) electrons. The Morgan fingerprint density at radius 2 is 1.96 bits per heavy atom. The molecule has 0 aliphatic heterocycles. The van der Waals surface area contributed by atoms with Gasteiger partial charge < -0.3 is 20.7 Å². The number of anilines is 4. The standard InChI is InChI=1S/C16H20N8OS2/c1-9(12-19-13(17)21-14(20-12)24(2)3)26-16-23-22-15(27-16)18-10-7-5-6-8-11(10)25-4/h5-9H,1-4H3,(H,18,22)(H2,17,19,20,21). The molecule has 142 valence electrons. The van der Waals surface area contributed by atoms with E-state index in [2.05, 4.69) is 30.5 Å². The molecule has 3 N–H and O–H groups in total. The van der Waals surface area contributed by atoms with E-state index in [0.717, 1.165) is 15.8 Å². The Bertz CT molecular complexity index is 917. The van der Waals surface area contributed by atoms with Crippen LogP contribution in [0.4, 0.5) is 22.7 Å². The minimum Gasteiger partial charge on any atom is -0.495 e. The Labute approximate surface area is 165 Å². The van der Waals surface area contributed by atoms with Crippen molar-refractivity contribution in [2.75, 3.05) is 37.2 Å². The summed E-state index contributed by atoms with van der Waals surface area (Å²) in [6, 6.07) is 7.65. The lowest BCUT2D eigenvalue weighted by Gasteiger charge is -2.13.